The third-order valence-corrected chi connectivity index (χ3v) is 2.43. The predicted octanol–water partition coefficient (Wildman–Crippen LogP) is 1.07. The number of hydrogen-bond donors (Lipinski definition) is 1. The van der Waals surface area contributed by atoms with Gasteiger partial charge >= 0.3 is 5.97 Å². The van der Waals surface area contributed by atoms with Crippen molar-refractivity contribution in [3.8, 4) is 0 Å². The second kappa shape index (κ2) is 4.23. The Morgan fingerprint density at radius 2 is 2.50 bits per heavy atom. The molecule has 0 unspecified atom stereocenters. The Kier molecular flexibility index (Phi) is 3.25. The van der Waals surface area contributed by atoms with E-state index in [1.54, 1.807) is 11.4 Å². The molecule has 0 aliphatic rings. The van der Waals surface area contributed by atoms with E-state index in [1.807, 2.05) is 0 Å². The third kappa shape index (κ3) is 2.06. The fraction of sp³-hybridized carbons (Fsp3) is 0.375. The molecule has 4 heteroatoms. The number of thiophene rings is 1. The molecule has 0 atom stereocenters. The fourth-order valence-electron chi connectivity index (χ4n) is 0.847. The van der Waals surface area contributed by atoms with E-state index in [2.05, 4.69) is 4.74 Å². The highest BCUT2D eigenvalue weighted by Gasteiger charge is 2.07. The molecule has 0 aromatic carbocycles. The quantitative estimate of drug-likeness (QED) is 0.718. The van der Waals surface area contributed by atoms with E-state index in [1.165, 1.54) is 18.4 Å². The maximum absolute atomic E-state index is 11.0. The zero-order valence-corrected chi connectivity index (χ0v) is 7.56. The van der Waals surface area contributed by atoms with Crippen molar-refractivity contribution in [1.29, 1.82) is 0 Å². The standard InChI is InChI=1S/C8H10O3S/c1-11-8(10)6-4-7(2-3-9)12-5-6/h4-5,9H,2-3H2,1H3. The van der Waals surface area contributed by atoms with Crippen LogP contribution in [0.3, 0.4) is 0 Å². The minimum Gasteiger partial charge on any atom is -0.465 e. The van der Waals surface area contributed by atoms with Gasteiger partial charge in [-0.05, 0) is 6.07 Å². The van der Waals surface area contributed by atoms with E-state index >= 15 is 0 Å². The van der Waals surface area contributed by atoms with Gasteiger partial charge in [-0.15, -0.1) is 11.3 Å². The van der Waals surface area contributed by atoms with Gasteiger partial charge in [0.05, 0.1) is 12.7 Å². The Bertz CT molecular complexity index is 267. The average Bonchev–Trinajstić information content (AvgIpc) is 2.52. The summed E-state index contributed by atoms with van der Waals surface area (Å²) in [5.74, 6) is -0.324. The second-order valence-electron chi connectivity index (χ2n) is 2.27. The van der Waals surface area contributed by atoms with Gasteiger partial charge < -0.3 is 9.84 Å². The van der Waals surface area contributed by atoms with Crippen molar-refractivity contribution in [3.63, 3.8) is 0 Å². The summed E-state index contributed by atoms with van der Waals surface area (Å²) in [6.07, 6.45) is 0.599. The molecule has 0 fully saturated rings. The van der Waals surface area contributed by atoms with Crippen LogP contribution in [0.15, 0.2) is 11.4 Å². The van der Waals surface area contributed by atoms with E-state index in [-0.39, 0.29) is 12.6 Å². The summed E-state index contributed by atoms with van der Waals surface area (Å²) in [5, 5.41) is 10.3. The first kappa shape index (κ1) is 9.22. The molecular formula is C8H10O3S. The summed E-state index contributed by atoms with van der Waals surface area (Å²) in [7, 11) is 1.35. The Labute approximate surface area is 74.6 Å². The lowest BCUT2D eigenvalue weighted by Crippen LogP contribution is -1.98. The van der Waals surface area contributed by atoms with Crippen molar-refractivity contribution >= 4 is 17.3 Å². The number of ether oxygens (including phenoxy) is 1. The molecule has 12 heavy (non-hydrogen) atoms. The monoisotopic (exact) mass is 186 g/mol. The smallest absolute Gasteiger partial charge is 0.338 e. The van der Waals surface area contributed by atoms with Crippen LogP contribution in [0.25, 0.3) is 0 Å². The van der Waals surface area contributed by atoms with Crippen LogP contribution in [0, 0.1) is 0 Å². The number of carbonyl (C=O) groups is 1. The minimum absolute atomic E-state index is 0.112. The highest BCUT2D eigenvalue weighted by molar-refractivity contribution is 7.10. The van der Waals surface area contributed by atoms with Crippen molar-refractivity contribution in [2.75, 3.05) is 13.7 Å². The van der Waals surface area contributed by atoms with Gasteiger partial charge in [-0.2, -0.15) is 0 Å². The van der Waals surface area contributed by atoms with E-state index in [0.29, 0.717) is 12.0 Å². The van der Waals surface area contributed by atoms with Crippen LogP contribution >= 0.6 is 11.3 Å². The van der Waals surface area contributed by atoms with E-state index < -0.39 is 0 Å². The average molecular weight is 186 g/mol. The Morgan fingerprint density at radius 1 is 1.75 bits per heavy atom. The van der Waals surface area contributed by atoms with Crippen molar-refractivity contribution in [2.45, 2.75) is 6.42 Å². The Balaban J connectivity index is 2.70. The zero-order valence-electron chi connectivity index (χ0n) is 6.74. The largest absolute Gasteiger partial charge is 0.465 e. The first-order valence-corrected chi connectivity index (χ1v) is 4.42. The number of aliphatic hydroxyl groups is 1. The van der Waals surface area contributed by atoms with Gasteiger partial charge in [0.25, 0.3) is 0 Å². The van der Waals surface area contributed by atoms with Crippen LogP contribution in [0.1, 0.15) is 15.2 Å². The summed E-state index contributed by atoms with van der Waals surface area (Å²) in [4.78, 5) is 12.0. The van der Waals surface area contributed by atoms with Gasteiger partial charge in [0, 0.05) is 23.3 Å². The van der Waals surface area contributed by atoms with Crippen molar-refractivity contribution in [3.05, 3.63) is 21.9 Å². The summed E-state index contributed by atoms with van der Waals surface area (Å²) in [6, 6.07) is 1.74. The van der Waals surface area contributed by atoms with Crippen molar-refractivity contribution < 1.29 is 14.6 Å². The first-order valence-electron chi connectivity index (χ1n) is 3.54. The topological polar surface area (TPSA) is 46.5 Å². The summed E-state index contributed by atoms with van der Waals surface area (Å²) in [5.41, 5.74) is 0.561. The molecule has 0 bridgehead atoms. The molecule has 0 amide bonds. The number of rotatable bonds is 3. The molecule has 1 heterocycles. The van der Waals surface area contributed by atoms with Crippen LogP contribution in [0.5, 0.6) is 0 Å². The molecule has 0 saturated carbocycles. The van der Waals surface area contributed by atoms with Gasteiger partial charge in [0.15, 0.2) is 0 Å². The van der Waals surface area contributed by atoms with Gasteiger partial charge in [0.1, 0.15) is 0 Å². The van der Waals surface area contributed by atoms with Crippen LogP contribution in [0.4, 0.5) is 0 Å². The van der Waals surface area contributed by atoms with E-state index in [4.69, 9.17) is 5.11 Å². The molecule has 0 aliphatic heterocycles. The maximum Gasteiger partial charge on any atom is 0.338 e. The normalized spacial score (nSPS) is 9.83. The lowest BCUT2D eigenvalue weighted by molar-refractivity contribution is 0.0601. The number of carbonyl (C=O) groups excluding carboxylic acids is 1. The van der Waals surface area contributed by atoms with E-state index in [0.717, 1.165) is 4.88 Å². The maximum atomic E-state index is 11.0. The lowest BCUT2D eigenvalue weighted by atomic mass is 10.3. The van der Waals surface area contributed by atoms with Crippen LogP contribution < -0.4 is 0 Å². The molecule has 66 valence electrons. The van der Waals surface area contributed by atoms with Gasteiger partial charge in [0.2, 0.25) is 0 Å². The van der Waals surface area contributed by atoms with Gasteiger partial charge in [-0.25, -0.2) is 4.79 Å². The molecular weight excluding hydrogens is 176 g/mol. The van der Waals surface area contributed by atoms with Gasteiger partial charge in [-0.3, -0.25) is 0 Å². The molecule has 0 spiro atoms. The number of methoxy groups -OCH3 is 1. The molecule has 0 saturated heterocycles. The lowest BCUT2D eigenvalue weighted by Gasteiger charge is -1.92. The molecule has 1 rings (SSSR count). The molecule has 1 aromatic rings. The minimum atomic E-state index is -0.324. The number of hydrogen-bond acceptors (Lipinski definition) is 4. The molecule has 0 radical (unpaired) electrons. The fourth-order valence-corrected chi connectivity index (χ4v) is 1.69. The van der Waals surface area contributed by atoms with Crippen molar-refractivity contribution in [1.82, 2.24) is 0 Å². The van der Waals surface area contributed by atoms with Crippen LogP contribution in [-0.4, -0.2) is 24.8 Å². The first-order chi connectivity index (χ1) is 5.77. The second-order valence-corrected chi connectivity index (χ2v) is 3.26. The van der Waals surface area contributed by atoms with Crippen LogP contribution in [0.2, 0.25) is 0 Å². The molecule has 0 aliphatic carbocycles. The third-order valence-electron chi connectivity index (χ3n) is 1.43. The van der Waals surface area contributed by atoms with Gasteiger partial charge in [-0.1, -0.05) is 0 Å². The summed E-state index contributed by atoms with van der Waals surface area (Å²) in [6.45, 7) is 0.112. The Hall–Kier alpha value is -0.870. The number of aliphatic hydroxyl groups excluding tert-OH is 1. The highest BCUT2D eigenvalue weighted by Crippen LogP contribution is 2.15. The predicted molar refractivity (Wildman–Crippen MR) is 46.4 cm³/mol. The number of esters is 1. The summed E-state index contributed by atoms with van der Waals surface area (Å²) >= 11 is 1.46. The SMILES string of the molecule is COC(=O)c1csc(CCO)c1. The van der Waals surface area contributed by atoms with E-state index in [9.17, 15) is 4.79 Å². The van der Waals surface area contributed by atoms with Crippen molar-refractivity contribution in [2.24, 2.45) is 0 Å². The van der Waals surface area contributed by atoms with Crippen LogP contribution in [-0.2, 0) is 11.2 Å². The molecule has 3 nitrogen and oxygen atoms in total. The highest BCUT2D eigenvalue weighted by atomic mass is 32.1. The molecule has 1 N–H and O–H groups in total. The molecule has 1 aromatic heterocycles. The summed E-state index contributed by atoms with van der Waals surface area (Å²) < 4.78 is 4.53. The zero-order chi connectivity index (χ0) is 8.97. The Morgan fingerprint density at radius 3 is 3.08 bits per heavy atom.